The van der Waals surface area contributed by atoms with E-state index < -0.39 is 0 Å². The number of hydrogen-bond acceptors (Lipinski definition) is 2. The third-order valence-electron chi connectivity index (χ3n) is 9.89. The summed E-state index contributed by atoms with van der Waals surface area (Å²) in [6.45, 7) is 0. The summed E-state index contributed by atoms with van der Waals surface area (Å²) in [4.78, 5) is 0. The maximum Gasteiger partial charge on any atom is 0.143 e. The third-order valence-corrected chi connectivity index (χ3v) is 9.89. The molecular formula is C48H31NO2. The van der Waals surface area contributed by atoms with E-state index in [-0.39, 0.29) is 0 Å². The van der Waals surface area contributed by atoms with E-state index in [4.69, 9.17) is 9.47 Å². The average molecular weight is 654 g/mol. The second-order valence-corrected chi connectivity index (χ2v) is 12.8. The van der Waals surface area contributed by atoms with E-state index in [2.05, 4.69) is 162 Å². The Balaban J connectivity index is 1.23. The first kappa shape index (κ1) is 29.1. The number of aromatic nitrogens is 1. The molecule has 3 nitrogen and oxygen atoms in total. The number of benzene rings is 8. The summed E-state index contributed by atoms with van der Waals surface area (Å²) in [7, 11) is 0. The van der Waals surface area contributed by atoms with Gasteiger partial charge in [-0.25, -0.2) is 0 Å². The second-order valence-electron chi connectivity index (χ2n) is 12.8. The molecule has 0 N–H and O–H groups in total. The van der Waals surface area contributed by atoms with E-state index in [1.807, 2.05) is 30.3 Å². The first-order valence-electron chi connectivity index (χ1n) is 17.3. The van der Waals surface area contributed by atoms with Gasteiger partial charge in [0.25, 0.3) is 0 Å². The van der Waals surface area contributed by atoms with Crippen LogP contribution in [0.25, 0.3) is 72.0 Å². The van der Waals surface area contributed by atoms with Crippen LogP contribution in [0.1, 0.15) is 0 Å². The summed E-state index contributed by atoms with van der Waals surface area (Å²) in [6.07, 6.45) is 0. The molecule has 1 aromatic heterocycles. The summed E-state index contributed by atoms with van der Waals surface area (Å²) >= 11 is 0. The number of para-hydroxylation sites is 5. The lowest BCUT2D eigenvalue weighted by Crippen LogP contribution is -1.99. The minimum atomic E-state index is 0.762. The van der Waals surface area contributed by atoms with Gasteiger partial charge in [0.1, 0.15) is 23.0 Å². The lowest BCUT2D eigenvalue weighted by atomic mass is 9.93. The maximum atomic E-state index is 7.17. The molecule has 9 aromatic rings. The number of ether oxygens (including phenoxy) is 2. The highest BCUT2D eigenvalue weighted by molar-refractivity contribution is 6.16. The molecule has 0 amide bonds. The van der Waals surface area contributed by atoms with Gasteiger partial charge in [-0.05, 0) is 65.2 Å². The zero-order valence-electron chi connectivity index (χ0n) is 27.7. The first-order chi connectivity index (χ1) is 25.3. The van der Waals surface area contributed by atoms with E-state index >= 15 is 0 Å². The molecule has 0 bridgehead atoms. The summed E-state index contributed by atoms with van der Waals surface area (Å²) in [5.41, 5.74) is 11.7. The van der Waals surface area contributed by atoms with Gasteiger partial charge >= 0.3 is 0 Å². The predicted molar refractivity (Wildman–Crippen MR) is 209 cm³/mol. The highest BCUT2D eigenvalue weighted by Crippen LogP contribution is 2.50. The Kier molecular flexibility index (Phi) is 6.81. The van der Waals surface area contributed by atoms with Crippen LogP contribution < -0.4 is 9.47 Å². The quantitative estimate of drug-likeness (QED) is 0.189. The van der Waals surface area contributed by atoms with Crippen LogP contribution in [0.15, 0.2) is 188 Å². The minimum absolute atomic E-state index is 0.762. The Morgan fingerprint density at radius 2 is 0.902 bits per heavy atom. The SMILES string of the molecule is c1ccc(-c2cccc3c2Oc2ccc(-c4cccc5c4c4ccccc4n5-c4ccccc4)cc2-c2ccccc2Oc2ccccc2-3)cc1. The lowest BCUT2D eigenvalue weighted by Gasteiger charge is -2.23. The van der Waals surface area contributed by atoms with Gasteiger partial charge in [-0.1, -0.05) is 140 Å². The third kappa shape index (κ3) is 4.82. The van der Waals surface area contributed by atoms with Gasteiger partial charge < -0.3 is 14.0 Å². The largest absolute Gasteiger partial charge is 0.456 e. The molecule has 3 heteroatoms. The van der Waals surface area contributed by atoms with Crippen LogP contribution in [-0.4, -0.2) is 4.57 Å². The van der Waals surface area contributed by atoms with Gasteiger partial charge in [0.15, 0.2) is 0 Å². The van der Waals surface area contributed by atoms with Crippen molar-refractivity contribution in [1.82, 2.24) is 4.57 Å². The molecule has 51 heavy (non-hydrogen) atoms. The van der Waals surface area contributed by atoms with Gasteiger partial charge in [0.2, 0.25) is 0 Å². The zero-order valence-corrected chi connectivity index (χ0v) is 27.7. The number of fused-ring (bicyclic) bond motifs is 9. The number of nitrogens with zero attached hydrogens (tertiary/aromatic N) is 1. The highest BCUT2D eigenvalue weighted by atomic mass is 16.5. The molecule has 8 aromatic carbocycles. The Morgan fingerprint density at radius 1 is 0.333 bits per heavy atom. The van der Waals surface area contributed by atoms with Crippen molar-refractivity contribution in [2.75, 3.05) is 0 Å². The van der Waals surface area contributed by atoms with Crippen molar-refractivity contribution in [1.29, 1.82) is 0 Å². The topological polar surface area (TPSA) is 23.4 Å². The summed E-state index contributed by atoms with van der Waals surface area (Å²) < 4.78 is 16.4. The van der Waals surface area contributed by atoms with Crippen molar-refractivity contribution >= 4 is 21.8 Å². The standard InChI is InChI=1S/C48H31NO2/c1-3-15-32(16-4-1)36-23-13-24-39-37-19-8-11-27-44(37)50-45-28-12-9-20-38(45)41-31-33(29-30-46(41)51-48(36)39)35-22-14-26-43-47(35)40-21-7-10-25-42(40)49(43)34-17-5-2-6-18-34/h1-31H. The molecule has 1 aliphatic rings. The van der Waals surface area contributed by atoms with Crippen molar-refractivity contribution in [3.05, 3.63) is 188 Å². The fourth-order valence-electron chi connectivity index (χ4n) is 7.60. The molecule has 0 unspecified atom stereocenters. The molecule has 0 atom stereocenters. The molecule has 0 fully saturated rings. The Labute approximate surface area is 296 Å². The molecule has 0 spiro atoms. The van der Waals surface area contributed by atoms with Gasteiger partial charge in [-0.3, -0.25) is 0 Å². The predicted octanol–water partition coefficient (Wildman–Crippen LogP) is 13.3. The fraction of sp³-hybridized carbons (Fsp3) is 0. The molecule has 0 saturated heterocycles. The van der Waals surface area contributed by atoms with Crippen molar-refractivity contribution in [3.63, 3.8) is 0 Å². The van der Waals surface area contributed by atoms with Gasteiger partial charge in [0, 0.05) is 44.3 Å². The van der Waals surface area contributed by atoms with Crippen molar-refractivity contribution in [3.8, 4) is 73.2 Å². The van der Waals surface area contributed by atoms with Gasteiger partial charge in [0.05, 0.1) is 11.0 Å². The summed E-state index contributed by atoms with van der Waals surface area (Å²) in [5.74, 6) is 3.10. The summed E-state index contributed by atoms with van der Waals surface area (Å²) in [5, 5.41) is 2.43. The second kappa shape index (κ2) is 11.9. The maximum absolute atomic E-state index is 7.17. The Morgan fingerprint density at radius 3 is 1.71 bits per heavy atom. The van der Waals surface area contributed by atoms with E-state index in [1.54, 1.807) is 0 Å². The van der Waals surface area contributed by atoms with Crippen molar-refractivity contribution in [2.24, 2.45) is 0 Å². The van der Waals surface area contributed by atoms with E-state index in [0.29, 0.717) is 0 Å². The molecule has 0 radical (unpaired) electrons. The van der Waals surface area contributed by atoms with Gasteiger partial charge in [-0.15, -0.1) is 0 Å². The molecule has 240 valence electrons. The van der Waals surface area contributed by atoms with Crippen molar-refractivity contribution in [2.45, 2.75) is 0 Å². The normalized spacial score (nSPS) is 11.8. The molecular weight excluding hydrogens is 623 g/mol. The summed E-state index contributed by atoms with van der Waals surface area (Å²) in [6, 6.07) is 65.7. The van der Waals surface area contributed by atoms with Crippen molar-refractivity contribution < 1.29 is 9.47 Å². The number of rotatable bonds is 3. The minimum Gasteiger partial charge on any atom is -0.456 e. The van der Waals surface area contributed by atoms with Gasteiger partial charge in [-0.2, -0.15) is 0 Å². The van der Waals surface area contributed by atoms with Crippen LogP contribution in [0.5, 0.6) is 23.0 Å². The highest BCUT2D eigenvalue weighted by Gasteiger charge is 2.24. The van der Waals surface area contributed by atoms with Crippen LogP contribution in [0.4, 0.5) is 0 Å². The Hall–Kier alpha value is -6.84. The molecule has 10 rings (SSSR count). The molecule has 2 heterocycles. The Bertz CT molecular complexity index is 2740. The number of hydrogen-bond donors (Lipinski definition) is 0. The van der Waals surface area contributed by atoms with Crippen LogP contribution >= 0.6 is 0 Å². The monoisotopic (exact) mass is 653 g/mol. The molecule has 0 saturated carbocycles. The smallest absolute Gasteiger partial charge is 0.143 e. The van der Waals surface area contributed by atoms with Crippen LogP contribution in [0.3, 0.4) is 0 Å². The first-order valence-corrected chi connectivity index (χ1v) is 17.3. The van der Waals surface area contributed by atoms with Crippen LogP contribution in [0, 0.1) is 0 Å². The van der Waals surface area contributed by atoms with E-state index in [9.17, 15) is 0 Å². The zero-order chi connectivity index (χ0) is 33.7. The lowest BCUT2D eigenvalue weighted by molar-refractivity contribution is 0.473. The van der Waals surface area contributed by atoms with E-state index in [0.717, 1.165) is 78.7 Å². The van der Waals surface area contributed by atoms with Crippen LogP contribution in [0.2, 0.25) is 0 Å². The average Bonchev–Trinajstić information content (AvgIpc) is 3.54. The fourth-order valence-corrected chi connectivity index (χ4v) is 7.60. The van der Waals surface area contributed by atoms with E-state index in [1.165, 1.54) is 16.3 Å². The van der Waals surface area contributed by atoms with Crippen LogP contribution in [-0.2, 0) is 0 Å². The molecule has 1 aliphatic heterocycles. The molecule has 0 aliphatic carbocycles.